The molecule has 0 bridgehead atoms. The van der Waals surface area contributed by atoms with Gasteiger partial charge in [-0.2, -0.15) is 0 Å². The summed E-state index contributed by atoms with van der Waals surface area (Å²) < 4.78 is 23.8. The zero-order valence-corrected chi connectivity index (χ0v) is 14.2. The molecule has 0 fully saturated rings. The summed E-state index contributed by atoms with van der Waals surface area (Å²) in [5, 5.41) is 17.7. The first-order chi connectivity index (χ1) is 12.4. The van der Waals surface area contributed by atoms with Crippen molar-refractivity contribution in [3.63, 3.8) is 0 Å². The summed E-state index contributed by atoms with van der Waals surface area (Å²) in [5.41, 5.74) is 1.50. The maximum atomic E-state index is 12.3. The molecular weight excluding hydrogens is 352 g/mol. The Morgan fingerprint density at radius 2 is 1.81 bits per heavy atom. The third kappa shape index (κ3) is 2.89. The molecule has 0 unspecified atom stereocenters. The van der Waals surface area contributed by atoms with E-state index in [0.717, 1.165) is 10.8 Å². The minimum Gasteiger partial charge on any atom is -0.508 e. The van der Waals surface area contributed by atoms with E-state index in [9.17, 15) is 18.3 Å². The van der Waals surface area contributed by atoms with E-state index in [2.05, 4.69) is 10.6 Å². The molecule has 6 nitrogen and oxygen atoms in total. The zero-order valence-electron chi connectivity index (χ0n) is 13.4. The smallest absolute Gasteiger partial charge is 0.323 e. The maximum absolute atomic E-state index is 12.3. The van der Waals surface area contributed by atoms with Crippen LogP contribution < -0.4 is 10.6 Å². The second-order valence-corrected chi connectivity index (χ2v) is 7.69. The van der Waals surface area contributed by atoms with Crippen LogP contribution in [0.1, 0.15) is 5.56 Å². The van der Waals surface area contributed by atoms with Gasteiger partial charge in [0, 0.05) is 16.5 Å². The van der Waals surface area contributed by atoms with Crippen LogP contribution in [0.25, 0.3) is 16.8 Å². The zero-order chi connectivity index (χ0) is 18.3. The van der Waals surface area contributed by atoms with Crippen LogP contribution in [0.5, 0.6) is 5.75 Å². The van der Waals surface area contributed by atoms with Crippen LogP contribution >= 0.6 is 0 Å². The number of hydrogen-bond acceptors (Lipinski definition) is 4. The molecule has 0 saturated carbocycles. The number of sulfone groups is 1. The van der Waals surface area contributed by atoms with Crippen molar-refractivity contribution >= 4 is 44.1 Å². The Kier molecular flexibility index (Phi) is 3.66. The van der Waals surface area contributed by atoms with Crippen LogP contribution in [-0.4, -0.2) is 19.6 Å². The van der Waals surface area contributed by atoms with Crippen LogP contribution in [0, 0.1) is 0 Å². The Hall–Kier alpha value is -3.32. The summed E-state index contributed by atoms with van der Waals surface area (Å²) in [5.74, 6) is 0.100. The molecule has 3 aromatic rings. The van der Waals surface area contributed by atoms with Crippen molar-refractivity contribution in [1.29, 1.82) is 0 Å². The van der Waals surface area contributed by atoms with Gasteiger partial charge in [0.1, 0.15) is 5.75 Å². The summed E-state index contributed by atoms with van der Waals surface area (Å²) in [4.78, 5) is 12.5. The Balaban J connectivity index is 1.58. The van der Waals surface area contributed by atoms with E-state index >= 15 is 0 Å². The van der Waals surface area contributed by atoms with Gasteiger partial charge in [-0.05, 0) is 47.4 Å². The first kappa shape index (κ1) is 16.2. The normalized spacial score (nSPS) is 14.2. The molecule has 0 spiro atoms. The number of nitrogens with one attached hydrogen (secondary N) is 2. The van der Waals surface area contributed by atoms with Crippen LogP contribution in [0.2, 0.25) is 0 Å². The highest BCUT2D eigenvalue weighted by Gasteiger charge is 2.21. The number of fused-ring (bicyclic) bond motifs is 2. The highest BCUT2D eigenvalue weighted by molar-refractivity contribution is 7.94. The summed E-state index contributed by atoms with van der Waals surface area (Å²) in [6.07, 6.45) is 1.52. The van der Waals surface area contributed by atoms with Gasteiger partial charge in [0.15, 0.2) is 0 Å². The number of phenolic OH excluding ortho intramolecular Hbond substituents is 1. The summed E-state index contributed by atoms with van der Waals surface area (Å²) >= 11 is 0. The fraction of sp³-hybridized carbons (Fsp3) is 0. The van der Waals surface area contributed by atoms with Gasteiger partial charge >= 0.3 is 6.03 Å². The molecule has 0 radical (unpaired) electrons. The molecule has 4 rings (SSSR count). The lowest BCUT2D eigenvalue weighted by molar-refractivity contribution is 0.262. The van der Waals surface area contributed by atoms with Crippen molar-refractivity contribution in [2.24, 2.45) is 0 Å². The number of carbonyl (C=O) groups is 1. The molecule has 130 valence electrons. The SMILES string of the molecule is O=C(Nc1ccc2c(c1)S(=O)(=O)C=C2)Nc1cccc2ccc(O)cc12. The second kappa shape index (κ2) is 5.89. The number of hydrogen-bond donors (Lipinski definition) is 3. The maximum Gasteiger partial charge on any atom is 0.323 e. The largest absolute Gasteiger partial charge is 0.508 e. The summed E-state index contributed by atoms with van der Waals surface area (Å²) in [6.45, 7) is 0. The van der Waals surface area contributed by atoms with Crippen LogP contribution in [0.3, 0.4) is 0 Å². The van der Waals surface area contributed by atoms with E-state index in [4.69, 9.17) is 0 Å². The molecule has 7 heteroatoms. The van der Waals surface area contributed by atoms with Crippen LogP contribution in [-0.2, 0) is 9.84 Å². The quantitative estimate of drug-likeness (QED) is 0.640. The minimum absolute atomic E-state index is 0.100. The van der Waals surface area contributed by atoms with Crippen LogP contribution in [0.15, 0.2) is 64.9 Å². The number of benzene rings is 3. The third-order valence-electron chi connectivity index (χ3n) is 4.12. The molecule has 0 aliphatic carbocycles. The van der Waals surface area contributed by atoms with Gasteiger partial charge in [-0.15, -0.1) is 0 Å². The van der Waals surface area contributed by atoms with Gasteiger partial charge in [-0.3, -0.25) is 0 Å². The summed E-state index contributed by atoms with van der Waals surface area (Å²) in [6, 6.07) is 14.5. The van der Waals surface area contributed by atoms with Crippen LogP contribution in [0.4, 0.5) is 16.2 Å². The van der Waals surface area contributed by atoms with E-state index in [1.807, 2.05) is 6.07 Å². The Bertz CT molecular complexity index is 1180. The standard InChI is InChI=1S/C19H14N2O4S/c22-15-7-5-12-2-1-3-17(16(12)11-15)21-19(23)20-14-6-4-13-8-9-26(24,25)18(13)10-14/h1-11,22H,(H2,20,21,23). The van der Waals surface area contributed by atoms with Crippen molar-refractivity contribution in [2.75, 3.05) is 10.6 Å². The average Bonchev–Trinajstić information content (AvgIpc) is 2.90. The highest BCUT2D eigenvalue weighted by Crippen LogP contribution is 2.30. The number of rotatable bonds is 2. The molecule has 0 atom stereocenters. The van der Waals surface area contributed by atoms with Crippen molar-refractivity contribution < 1.29 is 18.3 Å². The van der Waals surface area contributed by atoms with Gasteiger partial charge in [0.25, 0.3) is 0 Å². The van der Waals surface area contributed by atoms with E-state index in [-0.39, 0.29) is 10.6 Å². The van der Waals surface area contributed by atoms with Gasteiger partial charge in [-0.25, -0.2) is 13.2 Å². The van der Waals surface area contributed by atoms with Gasteiger partial charge in [0.2, 0.25) is 9.84 Å². The van der Waals surface area contributed by atoms with Gasteiger partial charge in [-0.1, -0.05) is 24.3 Å². The predicted molar refractivity (Wildman–Crippen MR) is 101 cm³/mol. The van der Waals surface area contributed by atoms with Crippen molar-refractivity contribution in [3.8, 4) is 5.75 Å². The average molecular weight is 366 g/mol. The lowest BCUT2D eigenvalue weighted by Gasteiger charge is -2.11. The number of phenols is 1. The number of amides is 2. The van der Waals surface area contributed by atoms with E-state index in [0.29, 0.717) is 22.3 Å². The second-order valence-electron chi connectivity index (χ2n) is 5.89. The molecule has 1 heterocycles. The predicted octanol–water partition coefficient (Wildman–Crippen LogP) is 3.95. The third-order valence-corrected chi connectivity index (χ3v) is 5.58. The lowest BCUT2D eigenvalue weighted by atomic mass is 10.1. The molecule has 2 amide bonds. The Morgan fingerprint density at radius 3 is 2.65 bits per heavy atom. The first-order valence-electron chi connectivity index (χ1n) is 7.79. The number of aromatic hydroxyl groups is 1. The topological polar surface area (TPSA) is 95.5 Å². The molecule has 1 aliphatic heterocycles. The molecule has 3 N–H and O–H groups in total. The van der Waals surface area contributed by atoms with Gasteiger partial charge in [0.05, 0.1) is 10.6 Å². The van der Waals surface area contributed by atoms with Crippen molar-refractivity contribution in [3.05, 3.63) is 65.6 Å². The molecule has 26 heavy (non-hydrogen) atoms. The van der Waals surface area contributed by atoms with Crippen molar-refractivity contribution in [1.82, 2.24) is 0 Å². The fourth-order valence-corrected chi connectivity index (χ4v) is 4.11. The molecule has 1 aliphatic rings. The molecule has 3 aromatic carbocycles. The van der Waals surface area contributed by atoms with E-state index in [1.165, 1.54) is 12.1 Å². The number of anilines is 2. The number of carbonyl (C=O) groups excluding carboxylic acids is 1. The van der Waals surface area contributed by atoms with E-state index in [1.54, 1.807) is 42.5 Å². The monoisotopic (exact) mass is 366 g/mol. The molecule has 0 aromatic heterocycles. The van der Waals surface area contributed by atoms with E-state index < -0.39 is 15.9 Å². The van der Waals surface area contributed by atoms with Gasteiger partial charge < -0.3 is 15.7 Å². The Labute approximate surface area is 149 Å². The molecular formula is C19H14N2O4S. The minimum atomic E-state index is -3.44. The highest BCUT2D eigenvalue weighted by atomic mass is 32.2. The summed E-state index contributed by atoms with van der Waals surface area (Å²) in [7, 11) is -3.44. The first-order valence-corrected chi connectivity index (χ1v) is 9.34. The molecule has 0 saturated heterocycles. The lowest BCUT2D eigenvalue weighted by Crippen LogP contribution is -2.19. The van der Waals surface area contributed by atoms with Crippen molar-refractivity contribution in [2.45, 2.75) is 4.90 Å². The Morgan fingerprint density at radius 1 is 0.962 bits per heavy atom. The number of urea groups is 1. The fourth-order valence-electron chi connectivity index (χ4n) is 2.89.